The number of aliphatic hydroxyl groups excluding tert-OH is 1. The molecule has 1 N–H and O–H groups in total. The van der Waals surface area contributed by atoms with E-state index in [0.717, 1.165) is 80.5 Å². The lowest BCUT2D eigenvalue weighted by Gasteiger charge is -2.36. The Bertz CT molecular complexity index is 1370. The molecule has 1 unspecified atom stereocenters. The predicted octanol–water partition coefficient (Wildman–Crippen LogP) is 8.42. The highest BCUT2D eigenvalue weighted by atomic mass is 127. The molecular weight excluding hydrogens is 637 g/mol. The summed E-state index contributed by atoms with van der Waals surface area (Å²) in [5, 5.41) is 14.7. The van der Waals surface area contributed by atoms with E-state index in [-0.39, 0.29) is 17.9 Å². The fourth-order valence-electron chi connectivity index (χ4n) is 7.22. The lowest BCUT2D eigenvalue weighted by atomic mass is 9.77. The number of carbonyl (C=O) groups excluding carboxylic acids is 1. The van der Waals surface area contributed by atoms with Crippen LogP contribution in [-0.2, 0) is 4.79 Å². The fourth-order valence-corrected chi connectivity index (χ4v) is 7.71. The Morgan fingerprint density at radius 3 is 2.45 bits per heavy atom. The SMILES string of the molecule is Cc1cc(C2CCC(CN(C(=O)C3CCC(C(C)O)CC3)c3cccc(-c4cnn(C5CC5)c4)c3)CC2)ccc1OI. The van der Waals surface area contributed by atoms with E-state index >= 15 is 0 Å². The molecule has 2 aromatic carbocycles. The fraction of sp³-hybridized carbons (Fsp3) is 0.543. The zero-order valence-corrected chi connectivity index (χ0v) is 27.1. The number of halogens is 1. The van der Waals surface area contributed by atoms with E-state index in [1.807, 2.05) is 36.1 Å². The number of carbonyl (C=O) groups is 1. The van der Waals surface area contributed by atoms with Gasteiger partial charge in [-0.15, -0.1) is 0 Å². The summed E-state index contributed by atoms with van der Waals surface area (Å²) in [6, 6.07) is 15.7. The minimum Gasteiger partial charge on any atom is -0.427 e. The first-order valence-electron chi connectivity index (χ1n) is 15.9. The molecule has 0 saturated heterocycles. The highest BCUT2D eigenvalue weighted by Crippen LogP contribution is 2.40. The Labute approximate surface area is 264 Å². The first-order chi connectivity index (χ1) is 20.4. The van der Waals surface area contributed by atoms with Crippen LogP contribution in [0.4, 0.5) is 5.69 Å². The lowest BCUT2D eigenvalue weighted by molar-refractivity contribution is -0.124. The van der Waals surface area contributed by atoms with Crippen molar-refractivity contribution in [3.05, 3.63) is 66.0 Å². The van der Waals surface area contributed by atoms with Gasteiger partial charge in [-0.3, -0.25) is 9.48 Å². The van der Waals surface area contributed by atoms with E-state index in [1.54, 1.807) is 0 Å². The first-order valence-corrected chi connectivity index (χ1v) is 16.8. The highest BCUT2D eigenvalue weighted by molar-refractivity contribution is 14.1. The summed E-state index contributed by atoms with van der Waals surface area (Å²) >= 11 is 1.95. The lowest BCUT2D eigenvalue weighted by Crippen LogP contribution is -2.42. The third kappa shape index (κ3) is 6.72. The molecule has 3 aliphatic rings. The van der Waals surface area contributed by atoms with Crippen LogP contribution in [0.2, 0.25) is 0 Å². The van der Waals surface area contributed by atoms with Crippen molar-refractivity contribution in [1.82, 2.24) is 9.78 Å². The van der Waals surface area contributed by atoms with E-state index in [2.05, 4.69) is 70.3 Å². The minimum atomic E-state index is -0.297. The van der Waals surface area contributed by atoms with Crippen LogP contribution < -0.4 is 7.97 Å². The van der Waals surface area contributed by atoms with Crippen molar-refractivity contribution in [2.24, 2.45) is 17.8 Å². The molecule has 3 aromatic rings. The molecule has 0 radical (unpaired) electrons. The monoisotopic (exact) mass is 681 g/mol. The Morgan fingerprint density at radius 1 is 1.02 bits per heavy atom. The number of rotatable bonds is 9. The zero-order valence-electron chi connectivity index (χ0n) is 24.9. The van der Waals surface area contributed by atoms with Crippen LogP contribution in [0.3, 0.4) is 0 Å². The van der Waals surface area contributed by atoms with Gasteiger partial charge in [-0.25, -0.2) is 0 Å². The number of amides is 1. The second-order valence-corrected chi connectivity index (χ2v) is 13.6. The maximum Gasteiger partial charge on any atom is 0.230 e. The Hall–Kier alpha value is -2.39. The first kappa shape index (κ1) is 29.7. The molecule has 1 amide bonds. The number of hydrogen-bond donors (Lipinski definition) is 1. The van der Waals surface area contributed by atoms with Crippen LogP contribution in [-0.4, -0.2) is 33.4 Å². The quantitative estimate of drug-likeness (QED) is 0.231. The smallest absolute Gasteiger partial charge is 0.230 e. The number of aromatic nitrogens is 2. The molecule has 3 saturated carbocycles. The second-order valence-electron chi connectivity index (χ2n) is 13.1. The van der Waals surface area contributed by atoms with Gasteiger partial charge >= 0.3 is 0 Å². The third-order valence-corrected chi connectivity index (χ3v) is 10.6. The molecule has 224 valence electrons. The standard InChI is InChI=1S/C35H44IN3O3/c1-23-18-30(14-17-34(23)42-36)27-8-6-25(7-9-27)21-38(35(41)28-12-10-26(11-13-28)24(2)40)33-5-3-4-29(19-33)31-20-37-39(22-31)32-15-16-32/h3-5,14,17-20,22,24-28,32,40H,6-13,15-16,21H2,1-2H3. The van der Waals surface area contributed by atoms with Crippen molar-refractivity contribution in [2.75, 3.05) is 11.4 Å². The van der Waals surface area contributed by atoms with Crippen LogP contribution in [0.25, 0.3) is 11.1 Å². The number of benzene rings is 2. The van der Waals surface area contributed by atoms with Gasteiger partial charge in [0.1, 0.15) is 5.75 Å². The number of anilines is 1. The molecule has 0 bridgehead atoms. The summed E-state index contributed by atoms with van der Waals surface area (Å²) in [4.78, 5) is 16.3. The topological polar surface area (TPSA) is 67.6 Å². The van der Waals surface area contributed by atoms with Crippen molar-refractivity contribution >= 4 is 34.6 Å². The van der Waals surface area contributed by atoms with Crippen molar-refractivity contribution in [2.45, 2.75) is 96.1 Å². The van der Waals surface area contributed by atoms with Gasteiger partial charge in [-0.1, -0.05) is 24.3 Å². The molecular formula is C35H44IN3O3. The van der Waals surface area contributed by atoms with Crippen LogP contribution in [0.15, 0.2) is 54.9 Å². The van der Waals surface area contributed by atoms with Gasteiger partial charge in [0.05, 0.1) is 18.3 Å². The van der Waals surface area contributed by atoms with E-state index in [1.165, 1.54) is 24.0 Å². The van der Waals surface area contributed by atoms with E-state index in [4.69, 9.17) is 3.07 Å². The van der Waals surface area contributed by atoms with Gasteiger partial charge in [0, 0.05) is 29.9 Å². The van der Waals surface area contributed by atoms with Crippen molar-refractivity contribution < 1.29 is 13.0 Å². The number of hydrogen-bond acceptors (Lipinski definition) is 4. The highest BCUT2D eigenvalue weighted by Gasteiger charge is 2.34. The average Bonchev–Trinajstić information content (AvgIpc) is 3.75. The molecule has 0 spiro atoms. The Balaban J connectivity index is 1.19. The minimum absolute atomic E-state index is 0.0271. The normalized spacial score (nSPS) is 25.1. The van der Waals surface area contributed by atoms with Crippen LogP contribution in [0.5, 0.6) is 5.75 Å². The Morgan fingerprint density at radius 2 is 1.79 bits per heavy atom. The largest absolute Gasteiger partial charge is 0.427 e. The number of aryl methyl sites for hydroxylation is 1. The van der Waals surface area contributed by atoms with Gasteiger partial charge in [-0.2, -0.15) is 5.10 Å². The summed E-state index contributed by atoms with van der Waals surface area (Å²) in [7, 11) is 0. The number of nitrogens with zero attached hydrogens (tertiary/aromatic N) is 3. The van der Waals surface area contributed by atoms with Gasteiger partial charge in [0.15, 0.2) is 23.0 Å². The van der Waals surface area contributed by atoms with Crippen molar-refractivity contribution in [3.8, 4) is 16.9 Å². The second kappa shape index (κ2) is 13.1. The summed E-state index contributed by atoms with van der Waals surface area (Å²) in [6.45, 7) is 4.78. The van der Waals surface area contributed by atoms with E-state index in [9.17, 15) is 9.90 Å². The molecule has 3 aliphatic carbocycles. The van der Waals surface area contributed by atoms with Crippen LogP contribution in [0, 0.1) is 24.7 Å². The maximum absolute atomic E-state index is 14.2. The van der Waals surface area contributed by atoms with Crippen LogP contribution >= 0.6 is 23.0 Å². The molecule has 1 aromatic heterocycles. The van der Waals surface area contributed by atoms with Gasteiger partial charge in [-0.05, 0) is 131 Å². The summed E-state index contributed by atoms with van der Waals surface area (Å²) < 4.78 is 7.54. The molecule has 1 heterocycles. The zero-order chi connectivity index (χ0) is 29.2. The van der Waals surface area contributed by atoms with Crippen LogP contribution in [0.1, 0.15) is 94.2 Å². The van der Waals surface area contributed by atoms with E-state index < -0.39 is 0 Å². The Kier molecular flexibility index (Phi) is 9.24. The van der Waals surface area contributed by atoms with Gasteiger partial charge < -0.3 is 13.1 Å². The molecule has 1 atom stereocenters. The number of aliphatic hydroxyl groups is 1. The third-order valence-electron chi connectivity index (χ3n) is 10.1. The van der Waals surface area contributed by atoms with Crippen molar-refractivity contribution in [1.29, 1.82) is 0 Å². The summed E-state index contributed by atoms with van der Waals surface area (Å²) in [5.41, 5.74) is 5.83. The average molecular weight is 682 g/mol. The van der Waals surface area contributed by atoms with Gasteiger partial charge in [0.2, 0.25) is 5.91 Å². The molecule has 0 aliphatic heterocycles. The molecule has 3 fully saturated rings. The van der Waals surface area contributed by atoms with Crippen molar-refractivity contribution in [3.63, 3.8) is 0 Å². The van der Waals surface area contributed by atoms with E-state index in [0.29, 0.717) is 23.8 Å². The molecule has 6 nitrogen and oxygen atoms in total. The predicted molar refractivity (Wildman–Crippen MR) is 176 cm³/mol. The van der Waals surface area contributed by atoms with Gasteiger partial charge in [0.25, 0.3) is 0 Å². The summed E-state index contributed by atoms with van der Waals surface area (Å²) in [6.07, 6.45) is 14.4. The molecule has 42 heavy (non-hydrogen) atoms. The summed E-state index contributed by atoms with van der Waals surface area (Å²) in [5.74, 6) is 2.58. The maximum atomic E-state index is 14.2. The molecule has 6 rings (SSSR count). The molecule has 7 heteroatoms.